The van der Waals surface area contributed by atoms with E-state index in [0.717, 1.165) is 24.5 Å². The Balaban J connectivity index is 1.83. The Morgan fingerprint density at radius 3 is 2.75 bits per heavy atom. The van der Waals surface area contributed by atoms with Crippen molar-refractivity contribution in [1.29, 1.82) is 0 Å². The molecular weight excluding hydrogens is 322 g/mol. The van der Waals surface area contributed by atoms with Crippen molar-refractivity contribution < 1.29 is 4.74 Å². The van der Waals surface area contributed by atoms with Crippen LogP contribution in [0.5, 0.6) is 5.75 Å². The molecule has 0 bridgehead atoms. The molecule has 4 nitrogen and oxygen atoms in total. The van der Waals surface area contributed by atoms with Crippen LogP contribution < -0.4 is 10.1 Å². The number of halogens is 1. The summed E-state index contributed by atoms with van der Waals surface area (Å²) in [4.78, 5) is 8.05. The average Bonchev–Trinajstić information content (AvgIpc) is 2.56. The molecule has 0 aliphatic rings. The molecule has 0 spiro atoms. The normalized spacial score (nSPS) is 11.0. The highest BCUT2D eigenvalue weighted by Gasteiger charge is 2.10. The molecule has 0 radical (unpaired) electrons. The second kappa shape index (κ2) is 7.49. The Bertz CT molecular complexity index is 836. The van der Waals surface area contributed by atoms with E-state index in [1.54, 1.807) is 6.07 Å². The van der Waals surface area contributed by atoms with Gasteiger partial charge in [0, 0.05) is 18.2 Å². The van der Waals surface area contributed by atoms with Crippen LogP contribution in [0.4, 0.5) is 5.82 Å². The summed E-state index contributed by atoms with van der Waals surface area (Å²) in [7, 11) is 0. The fraction of sp³-hybridized carbons (Fsp3) is 0.263. The van der Waals surface area contributed by atoms with Gasteiger partial charge in [-0.3, -0.25) is 0 Å². The van der Waals surface area contributed by atoms with Crippen LogP contribution in [0, 0.1) is 0 Å². The highest BCUT2D eigenvalue weighted by atomic mass is 35.5. The number of fused-ring (bicyclic) bond motifs is 1. The molecule has 5 heteroatoms. The second-order valence-corrected chi connectivity index (χ2v) is 6.22. The molecule has 0 aliphatic carbocycles. The van der Waals surface area contributed by atoms with Crippen molar-refractivity contribution in [2.45, 2.75) is 26.4 Å². The Hall–Kier alpha value is -2.33. The molecular formula is C19H20ClN3O. The van der Waals surface area contributed by atoms with Gasteiger partial charge < -0.3 is 10.1 Å². The van der Waals surface area contributed by atoms with Gasteiger partial charge in [0.1, 0.15) is 23.0 Å². The molecule has 0 aliphatic heterocycles. The SMILES string of the molecule is CC(C)Oc1ccc2ccccc2c1CCNc1cc(Cl)ncn1. The van der Waals surface area contributed by atoms with Gasteiger partial charge in [-0.2, -0.15) is 0 Å². The van der Waals surface area contributed by atoms with E-state index < -0.39 is 0 Å². The van der Waals surface area contributed by atoms with Gasteiger partial charge in [-0.25, -0.2) is 9.97 Å². The highest BCUT2D eigenvalue weighted by Crippen LogP contribution is 2.29. The molecule has 0 atom stereocenters. The van der Waals surface area contributed by atoms with E-state index in [2.05, 4.69) is 51.7 Å². The van der Waals surface area contributed by atoms with Gasteiger partial charge in [-0.1, -0.05) is 41.9 Å². The average molecular weight is 342 g/mol. The van der Waals surface area contributed by atoms with Gasteiger partial charge in [-0.05, 0) is 37.1 Å². The molecule has 3 rings (SSSR count). The highest BCUT2D eigenvalue weighted by molar-refractivity contribution is 6.29. The predicted octanol–water partition coefficient (Wildman–Crippen LogP) is 4.73. The lowest BCUT2D eigenvalue weighted by Gasteiger charge is -2.17. The molecule has 2 aromatic carbocycles. The Labute approximate surface area is 146 Å². The van der Waals surface area contributed by atoms with Crippen molar-refractivity contribution in [2.75, 3.05) is 11.9 Å². The number of anilines is 1. The smallest absolute Gasteiger partial charge is 0.134 e. The van der Waals surface area contributed by atoms with Crippen LogP contribution in [0.1, 0.15) is 19.4 Å². The number of nitrogens with zero attached hydrogens (tertiary/aromatic N) is 2. The number of hydrogen-bond acceptors (Lipinski definition) is 4. The first-order valence-corrected chi connectivity index (χ1v) is 8.40. The molecule has 1 heterocycles. The molecule has 0 saturated heterocycles. The third-order valence-corrected chi connectivity index (χ3v) is 3.88. The van der Waals surface area contributed by atoms with Gasteiger partial charge in [0.25, 0.3) is 0 Å². The summed E-state index contributed by atoms with van der Waals surface area (Å²) < 4.78 is 6.00. The summed E-state index contributed by atoms with van der Waals surface area (Å²) in [5.41, 5.74) is 1.20. The van der Waals surface area contributed by atoms with Crippen LogP contribution in [0.15, 0.2) is 48.8 Å². The standard InChI is InChI=1S/C19H20ClN3O/c1-13(2)24-17-8-7-14-5-3-4-6-15(14)16(17)9-10-21-19-11-18(20)22-12-23-19/h3-8,11-13H,9-10H2,1-2H3,(H,21,22,23). The summed E-state index contributed by atoms with van der Waals surface area (Å²) in [5, 5.41) is 6.16. The number of ether oxygens (including phenoxy) is 1. The third kappa shape index (κ3) is 3.95. The monoisotopic (exact) mass is 341 g/mol. The van der Waals surface area contributed by atoms with E-state index in [1.807, 2.05) is 13.8 Å². The number of nitrogens with one attached hydrogen (secondary N) is 1. The molecule has 124 valence electrons. The van der Waals surface area contributed by atoms with Crippen LogP contribution in [-0.4, -0.2) is 22.6 Å². The van der Waals surface area contributed by atoms with Gasteiger partial charge in [0.15, 0.2) is 0 Å². The van der Waals surface area contributed by atoms with E-state index >= 15 is 0 Å². The van der Waals surface area contributed by atoms with Crippen LogP contribution in [-0.2, 0) is 6.42 Å². The predicted molar refractivity (Wildman–Crippen MR) is 98.9 cm³/mol. The molecule has 0 unspecified atom stereocenters. The van der Waals surface area contributed by atoms with E-state index in [-0.39, 0.29) is 6.10 Å². The Kier molecular flexibility index (Phi) is 5.16. The maximum absolute atomic E-state index is 6.00. The van der Waals surface area contributed by atoms with E-state index in [0.29, 0.717) is 5.15 Å². The fourth-order valence-electron chi connectivity index (χ4n) is 2.68. The molecule has 1 aromatic heterocycles. The maximum Gasteiger partial charge on any atom is 0.134 e. The Morgan fingerprint density at radius 1 is 1.12 bits per heavy atom. The molecule has 0 fully saturated rings. The van der Waals surface area contributed by atoms with Crippen molar-refractivity contribution in [1.82, 2.24) is 9.97 Å². The van der Waals surface area contributed by atoms with E-state index in [4.69, 9.17) is 16.3 Å². The summed E-state index contributed by atoms with van der Waals surface area (Å²) in [6.07, 6.45) is 2.42. The van der Waals surface area contributed by atoms with Gasteiger partial charge in [0.05, 0.1) is 6.10 Å². The fourth-order valence-corrected chi connectivity index (χ4v) is 2.83. The first-order valence-electron chi connectivity index (χ1n) is 8.02. The summed E-state index contributed by atoms with van der Waals surface area (Å²) >= 11 is 5.89. The zero-order valence-electron chi connectivity index (χ0n) is 13.8. The number of rotatable bonds is 6. The summed E-state index contributed by atoms with van der Waals surface area (Å²) in [6.45, 7) is 4.82. The summed E-state index contributed by atoms with van der Waals surface area (Å²) in [5.74, 6) is 1.66. The van der Waals surface area contributed by atoms with Crippen LogP contribution in [0.3, 0.4) is 0 Å². The molecule has 3 aromatic rings. The minimum Gasteiger partial charge on any atom is -0.491 e. The first-order chi connectivity index (χ1) is 11.6. The van der Waals surface area contributed by atoms with Crippen LogP contribution in [0.25, 0.3) is 10.8 Å². The quantitative estimate of drug-likeness (QED) is 0.659. The van der Waals surface area contributed by atoms with E-state index in [1.165, 1.54) is 22.7 Å². The zero-order chi connectivity index (χ0) is 16.9. The van der Waals surface area contributed by atoms with Crippen LogP contribution in [0.2, 0.25) is 5.15 Å². The summed E-state index contributed by atoms with van der Waals surface area (Å²) in [6, 6.07) is 14.2. The lowest BCUT2D eigenvalue weighted by atomic mass is 10.0. The van der Waals surface area contributed by atoms with Crippen molar-refractivity contribution >= 4 is 28.2 Å². The lowest BCUT2D eigenvalue weighted by molar-refractivity contribution is 0.240. The Morgan fingerprint density at radius 2 is 1.96 bits per heavy atom. The van der Waals surface area contributed by atoms with E-state index in [9.17, 15) is 0 Å². The van der Waals surface area contributed by atoms with Gasteiger partial charge in [-0.15, -0.1) is 0 Å². The largest absolute Gasteiger partial charge is 0.491 e. The minimum absolute atomic E-state index is 0.138. The van der Waals surface area contributed by atoms with Crippen molar-refractivity contribution in [2.24, 2.45) is 0 Å². The lowest BCUT2D eigenvalue weighted by Crippen LogP contribution is -2.11. The molecule has 24 heavy (non-hydrogen) atoms. The van der Waals surface area contributed by atoms with Crippen molar-refractivity contribution in [3.63, 3.8) is 0 Å². The topological polar surface area (TPSA) is 47.0 Å². The second-order valence-electron chi connectivity index (χ2n) is 5.83. The van der Waals surface area contributed by atoms with Gasteiger partial charge in [0.2, 0.25) is 0 Å². The molecule has 1 N–H and O–H groups in total. The number of aromatic nitrogens is 2. The third-order valence-electron chi connectivity index (χ3n) is 3.68. The van der Waals surface area contributed by atoms with Crippen LogP contribution >= 0.6 is 11.6 Å². The van der Waals surface area contributed by atoms with Crippen molar-refractivity contribution in [3.8, 4) is 5.75 Å². The zero-order valence-corrected chi connectivity index (χ0v) is 14.5. The first kappa shape index (κ1) is 16.5. The number of benzene rings is 2. The molecule has 0 amide bonds. The molecule has 0 saturated carbocycles. The number of hydrogen-bond donors (Lipinski definition) is 1. The minimum atomic E-state index is 0.138. The maximum atomic E-state index is 6.00. The van der Waals surface area contributed by atoms with Gasteiger partial charge >= 0.3 is 0 Å². The van der Waals surface area contributed by atoms with Crippen molar-refractivity contribution in [3.05, 3.63) is 59.5 Å².